The fourth-order valence-electron chi connectivity index (χ4n) is 2.44. The monoisotopic (exact) mass is 402 g/mol. The highest BCUT2D eigenvalue weighted by Gasteiger charge is 2.11. The summed E-state index contributed by atoms with van der Waals surface area (Å²) in [5.74, 6) is 1.93. The third-order valence-electron chi connectivity index (χ3n) is 3.79. The summed E-state index contributed by atoms with van der Waals surface area (Å²) in [5, 5.41) is 12.7. The Labute approximate surface area is 166 Å². The number of nitrogens with zero attached hydrogens (tertiary/aromatic N) is 6. The van der Waals surface area contributed by atoms with Gasteiger partial charge < -0.3 is 16.0 Å². The molecule has 0 spiro atoms. The molecule has 2 heterocycles. The molecule has 0 amide bonds. The third-order valence-corrected chi connectivity index (χ3v) is 5.76. The van der Waals surface area contributed by atoms with Crippen LogP contribution in [0.5, 0.6) is 0 Å². The van der Waals surface area contributed by atoms with Crippen molar-refractivity contribution in [3.05, 3.63) is 35.2 Å². The first-order chi connectivity index (χ1) is 13.0. The van der Waals surface area contributed by atoms with E-state index in [0.717, 1.165) is 21.6 Å². The van der Waals surface area contributed by atoms with Crippen LogP contribution in [0.4, 0.5) is 22.7 Å². The highest BCUT2D eigenvalue weighted by molar-refractivity contribution is 8.00. The van der Waals surface area contributed by atoms with Crippen LogP contribution in [0.1, 0.15) is 23.9 Å². The van der Waals surface area contributed by atoms with Crippen LogP contribution in [0.25, 0.3) is 0 Å². The van der Waals surface area contributed by atoms with E-state index in [1.807, 2.05) is 14.1 Å². The molecule has 0 fully saturated rings. The van der Waals surface area contributed by atoms with Crippen molar-refractivity contribution in [1.82, 2.24) is 25.1 Å². The quantitative estimate of drug-likeness (QED) is 0.576. The Morgan fingerprint density at radius 2 is 2.00 bits per heavy atom. The van der Waals surface area contributed by atoms with E-state index in [-0.39, 0.29) is 5.95 Å². The van der Waals surface area contributed by atoms with Crippen molar-refractivity contribution in [2.75, 3.05) is 30.0 Å². The van der Waals surface area contributed by atoms with Gasteiger partial charge in [-0.15, -0.1) is 10.2 Å². The summed E-state index contributed by atoms with van der Waals surface area (Å²) in [6.45, 7) is 4.23. The van der Waals surface area contributed by atoms with Crippen molar-refractivity contribution >= 4 is 45.8 Å². The summed E-state index contributed by atoms with van der Waals surface area (Å²) >= 11 is 3.03. The van der Waals surface area contributed by atoms with Crippen molar-refractivity contribution in [3.8, 4) is 0 Å². The van der Waals surface area contributed by atoms with E-state index in [1.165, 1.54) is 34.2 Å². The van der Waals surface area contributed by atoms with E-state index in [9.17, 15) is 0 Å². The molecule has 0 saturated carbocycles. The first-order valence-corrected chi connectivity index (χ1v) is 10.3. The second-order valence-corrected chi connectivity index (χ2v) is 8.25. The molecule has 3 rings (SSSR count). The molecule has 27 heavy (non-hydrogen) atoms. The van der Waals surface area contributed by atoms with E-state index < -0.39 is 0 Å². The minimum Gasteiger partial charge on any atom is -0.368 e. The summed E-state index contributed by atoms with van der Waals surface area (Å²) < 4.78 is 0.842. The van der Waals surface area contributed by atoms with Gasteiger partial charge in [-0.25, -0.2) is 0 Å². The van der Waals surface area contributed by atoms with Gasteiger partial charge in [0.25, 0.3) is 0 Å². The number of nitrogens with one attached hydrogen (secondary N) is 1. The number of anilines is 4. The number of benzene rings is 1. The van der Waals surface area contributed by atoms with Crippen LogP contribution >= 0.6 is 23.1 Å². The minimum absolute atomic E-state index is 0.218. The zero-order valence-corrected chi connectivity index (χ0v) is 17.4. The number of nitrogens with two attached hydrogens (primary N) is 1. The van der Waals surface area contributed by atoms with Crippen LogP contribution in [0.2, 0.25) is 0 Å². The first kappa shape index (κ1) is 19.3. The van der Waals surface area contributed by atoms with Gasteiger partial charge >= 0.3 is 0 Å². The number of aryl methyl sites for hydroxylation is 2. The van der Waals surface area contributed by atoms with Gasteiger partial charge in [0.1, 0.15) is 5.82 Å². The molecule has 3 N–H and O–H groups in total. The number of thioether (sulfide) groups is 1. The van der Waals surface area contributed by atoms with E-state index in [2.05, 4.69) is 62.5 Å². The molecule has 0 saturated heterocycles. The van der Waals surface area contributed by atoms with E-state index >= 15 is 0 Å². The zero-order chi connectivity index (χ0) is 19.4. The fourth-order valence-corrected chi connectivity index (χ4v) is 4.05. The molecule has 0 aliphatic heterocycles. The van der Waals surface area contributed by atoms with Crippen molar-refractivity contribution < 1.29 is 0 Å². The number of hydrogen-bond donors (Lipinski definition) is 2. The smallest absolute Gasteiger partial charge is 0.229 e. The molecule has 0 aliphatic rings. The zero-order valence-electron chi connectivity index (χ0n) is 15.7. The highest BCUT2D eigenvalue weighted by atomic mass is 32.2. The van der Waals surface area contributed by atoms with Crippen LogP contribution < -0.4 is 16.0 Å². The average Bonchev–Trinajstić information content (AvgIpc) is 3.09. The van der Waals surface area contributed by atoms with Gasteiger partial charge in [-0.2, -0.15) is 15.0 Å². The van der Waals surface area contributed by atoms with Gasteiger partial charge in [-0.3, -0.25) is 0 Å². The summed E-state index contributed by atoms with van der Waals surface area (Å²) in [6, 6.07) is 6.29. The van der Waals surface area contributed by atoms with Gasteiger partial charge in [-0.1, -0.05) is 48.2 Å². The van der Waals surface area contributed by atoms with Gasteiger partial charge in [-0.05, 0) is 24.5 Å². The average molecular weight is 403 g/mol. The molecule has 0 radical (unpaired) electrons. The Bertz CT molecular complexity index is 925. The molecule has 0 unspecified atom stereocenters. The van der Waals surface area contributed by atoms with Crippen molar-refractivity contribution in [3.63, 3.8) is 0 Å². The maximum Gasteiger partial charge on any atom is 0.229 e. The lowest BCUT2D eigenvalue weighted by Gasteiger charge is -2.11. The minimum atomic E-state index is 0.218. The standard InChI is InChI=1S/C17H22N8S2/c1-5-11-8-6-7-10(2)13(11)21-16-23-24-17(27-16)26-9-12-19-14(18)22-15(20-12)25(3)4/h6-8H,5,9H2,1-4H3,(H,21,23)(H2,18,19,20,22). The number of nitrogen functional groups attached to an aromatic ring is 1. The first-order valence-electron chi connectivity index (χ1n) is 8.45. The predicted octanol–water partition coefficient (Wildman–Crippen LogP) is 3.28. The van der Waals surface area contributed by atoms with Gasteiger partial charge in [0.15, 0.2) is 4.34 Å². The highest BCUT2D eigenvalue weighted by Crippen LogP contribution is 2.31. The molecule has 2 aromatic heterocycles. The largest absolute Gasteiger partial charge is 0.368 e. The van der Waals surface area contributed by atoms with Crippen LogP contribution in [-0.2, 0) is 12.2 Å². The van der Waals surface area contributed by atoms with Gasteiger partial charge in [0.05, 0.1) is 5.75 Å². The summed E-state index contributed by atoms with van der Waals surface area (Å²) in [7, 11) is 3.73. The SMILES string of the molecule is CCc1cccc(C)c1Nc1nnc(SCc2nc(N)nc(N(C)C)n2)s1. The Morgan fingerprint density at radius 1 is 1.19 bits per heavy atom. The molecule has 0 aliphatic carbocycles. The molecule has 10 heteroatoms. The second-order valence-electron chi connectivity index (χ2n) is 6.05. The number of hydrogen-bond acceptors (Lipinski definition) is 10. The van der Waals surface area contributed by atoms with Crippen LogP contribution in [0, 0.1) is 6.92 Å². The van der Waals surface area contributed by atoms with Crippen LogP contribution in [0.15, 0.2) is 22.5 Å². The van der Waals surface area contributed by atoms with Crippen molar-refractivity contribution in [2.45, 2.75) is 30.4 Å². The summed E-state index contributed by atoms with van der Waals surface area (Å²) in [4.78, 5) is 14.5. The summed E-state index contributed by atoms with van der Waals surface area (Å²) in [6.07, 6.45) is 0.958. The van der Waals surface area contributed by atoms with Crippen molar-refractivity contribution in [2.24, 2.45) is 0 Å². The molecular weight excluding hydrogens is 380 g/mol. The van der Waals surface area contributed by atoms with E-state index in [4.69, 9.17) is 5.73 Å². The number of para-hydroxylation sites is 1. The molecular formula is C17H22N8S2. The lowest BCUT2D eigenvalue weighted by molar-refractivity contribution is 0.918. The van der Waals surface area contributed by atoms with Crippen LogP contribution in [-0.4, -0.2) is 39.2 Å². The Kier molecular flexibility index (Phi) is 6.07. The molecule has 142 valence electrons. The molecule has 0 atom stereocenters. The molecule has 8 nitrogen and oxygen atoms in total. The molecule has 1 aromatic carbocycles. The Hall–Kier alpha value is -2.46. The summed E-state index contributed by atoms with van der Waals surface area (Å²) in [5.41, 5.74) is 9.32. The molecule has 0 bridgehead atoms. The number of rotatable bonds is 7. The number of aromatic nitrogens is 5. The van der Waals surface area contributed by atoms with E-state index in [0.29, 0.717) is 17.5 Å². The fraction of sp³-hybridized carbons (Fsp3) is 0.353. The van der Waals surface area contributed by atoms with Crippen molar-refractivity contribution in [1.29, 1.82) is 0 Å². The lowest BCUT2D eigenvalue weighted by atomic mass is 10.1. The third kappa shape index (κ3) is 4.83. The maximum atomic E-state index is 5.76. The van der Waals surface area contributed by atoms with E-state index in [1.54, 1.807) is 4.90 Å². The maximum absolute atomic E-state index is 5.76. The van der Waals surface area contributed by atoms with Gasteiger partial charge in [0, 0.05) is 19.8 Å². The van der Waals surface area contributed by atoms with Crippen LogP contribution in [0.3, 0.4) is 0 Å². The normalized spacial score (nSPS) is 10.8. The Balaban J connectivity index is 1.69. The second kappa shape index (κ2) is 8.49. The molecule has 3 aromatic rings. The van der Waals surface area contributed by atoms with Gasteiger partial charge in [0.2, 0.25) is 17.0 Å². The topological polar surface area (TPSA) is 106 Å². The predicted molar refractivity (Wildman–Crippen MR) is 112 cm³/mol. The lowest BCUT2D eigenvalue weighted by Crippen LogP contribution is -2.15. The Morgan fingerprint density at radius 3 is 2.74 bits per heavy atom.